The van der Waals surface area contributed by atoms with Gasteiger partial charge in [0, 0.05) is 38.3 Å². The van der Waals surface area contributed by atoms with Crippen molar-refractivity contribution < 1.29 is 29.0 Å². The van der Waals surface area contributed by atoms with Crippen LogP contribution in [0.1, 0.15) is 67.2 Å². The van der Waals surface area contributed by atoms with E-state index >= 15 is 0 Å². The number of halogens is 2. The summed E-state index contributed by atoms with van der Waals surface area (Å²) in [5.41, 5.74) is -1.82. The maximum atomic E-state index is 12.2. The number of nitrogens with zero attached hydrogens (tertiary/aromatic N) is 1. The fourth-order valence-electron chi connectivity index (χ4n) is 2.97. The molecular weight excluding hydrogens is 527 g/mol. The predicted octanol–water partition coefficient (Wildman–Crippen LogP) is 3.49. The summed E-state index contributed by atoms with van der Waals surface area (Å²) < 4.78 is 11.8. The molecule has 0 bridgehead atoms. The van der Waals surface area contributed by atoms with Crippen molar-refractivity contribution in [3.05, 3.63) is 28.7 Å². The number of pyridine rings is 1. The second kappa shape index (κ2) is 17.0. The van der Waals surface area contributed by atoms with E-state index in [0.29, 0.717) is 25.8 Å². The normalized spacial score (nSPS) is 11.7. The maximum absolute atomic E-state index is 12.2. The molecule has 1 unspecified atom stereocenters. The van der Waals surface area contributed by atoms with E-state index in [9.17, 15) is 24.3 Å². The molecule has 4 N–H and O–H groups in total. The largest absolute Gasteiger partial charge is 0.503 e. The lowest BCUT2D eigenvalue weighted by atomic mass is 10.1. The molecule has 37 heavy (non-hydrogen) atoms. The quantitative estimate of drug-likeness (QED) is 0.298. The van der Waals surface area contributed by atoms with E-state index in [0.717, 1.165) is 0 Å². The number of ether oxygens (including phenoxy) is 2. The average Bonchev–Trinajstić information content (AvgIpc) is 2.70. The van der Waals surface area contributed by atoms with Gasteiger partial charge in [-0.05, 0) is 72.9 Å². The van der Waals surface area contributed by atoms with Crippen molar-refractivity contribution in [2.75, 3.05) is 13.1 Å². The zero-order valence-corrected chi connectivity index (χ0v) is 24.1. The van der Waals surface area contributed by atoms with Gasteiger partial charge in [-0.1, -0.05) is 0 Å². The van der Waals surface area contributed by atoms with E-state index in [1.807, 2.05) is 0 Å². The van der Waals surface area contributed by atoms with Crippen LogP contribution in [0.25, 0.3) is 0 Å². The zero-order chi connectivity index (χ0) is 26.6. The van der Waals surface area contributed by atoms with Crippen molar-refractivity contribution >= 4 is 42.9 Å². The van der Waals surface area contributed by atoms with Crippen LogP contribution in [0, 0.1) is 0 Å². The number of nitrogens with one attached hydrogen (secondary N) is 3. The van der Waals surface area contributed by atoms with Crippen LogP contribution >= 0.6 is 24.8 Å². The number of unbranched alkanes of at least 4 members (excludes halogenated alkanes) is 1. The van der Waals surface area contributed by atoms with Crippen LogP contribution in [-0.2, 0) is 20.8 Å². The molecule has 214 valence electrons. The summed E-state index contributed by atoms with van der Waals surface area (Å²) in [6, 6.07) is 2.45. The molecule has 0 fully saturated rings. The molecule has 0 saturated carbocycles. The van der Waals surface area contributed by atoms with Crippen LogP contribution < -0.4 is 21.5 Å². The third-order valence-corrected chi connectivity index (χ3v) is 4.49. The lowest BCUT2D eigenvalue weighted by Gasteiger charge is -2.25. The van der Waals surface area contributed by atoms with Crippen LogP contribution in [0.2, 0.25) is 0 Å². The predicted molar refractivity (Wildman–Crippen MR) is 146 cm³/mol. The molecule has 1 heterocycles. The Labute approximate surface area is 230 Å². The summed E-state index contributed by atoms with van der Waals surface area (Å²) in [5.74, 6) is -0.570. The van der Waals surface area contributed by atoms with E-state index < -0.39 is 28.9 Å². The summed E-state index contributed by atoms with van der Waals surface area (Å²) >= 11 is 0. The second-order valence-corrected chi connectivity index (χ2v) is 10.2. The number of aromatic nitrogens is 1. The Balaban J connectivity index is 0. The monoisotopic (exact) mass is 568 g/mol. The van der Waals surface area contributed by atoms with Crippen molar-refractivity contribution in [2.45, 2.75) is 91.0 Å². The average molecular weight is 570 g/mol. The van der Waals surface area contributed by atoms with E-state index in [1.165, 1.54) is 22.9 Å². The smallest absolute Gasteiger partial charge is 0.407 e. The van der Waals surface area contributed by atoms with Crippen molar-refractivity contribution in [1.29, 1.82) is 0 Å². The minimum Gasteiger partial charge on any atom is -0.503 e. The SMILES string of the molecule is CC(C)(C)OC(=O)NCC(CCCCNC(=O)CCn1cccc(O)c1=O)NC(=O)OC(C)(C)C.Cl.Cl. The molecule has 1 aromatic rings. The molecule has 0 aliphatic heterocycles. The summed E-state index contributed by atoms with van der Waals surface area (Å²) in [6.07, 6.45) is 2.32. The highest BCUT2D eigenvalue weighted by atomic mass is 35.5. The molecule has 0 saturated heterocycles. The van der Waals surface area contributed by atoms with E-state index in [4.69, 9.17) is 9.47 Å². The highest BCUT2D eigenvalue weighted by Crippen LogP contribution is 2.09. The Kier molecular flexibility index (Phi) is 16.7. The van der Waals surface area contributed by atoms with Gasteiger partial charge in [0.2, 0.25) is 5.91 Å². The molecule has 1 atom stereocenters. The van der Waals surface area contributed by atoms with Gasteiger partial charge in [0.25, 0.3) is 5.56 Å². The first kappa shape index (κ1) is 36.5. The number of carbonyl (C=O) groups excluding carboxylic acids is 3. The van der Waals surface area contributed by atoms with Crippen LogP contribution in [0.5, 0.6) is 5.75 Å². The Morgan fingerprint density at radius 1 is 0.973 bits per heavy atom. The number of amides is 3. The van der Waals surface area contributed by atoms with E-state index in [2.05, 4.69) is 16.0 Å². The zero-order valence-electron chi connectivity index (χ0n) is 22.4. The van der Waals surface area contributed by atoms with Gasteiger partial charge < -0.3 is 35.1 Å². The Bertz CT molecular complexity index is 912. The minimum atomic E-state index is -0.652. The Hall–Kier alpha value is -2.66. The van der Waals surface area contributed by atoms with Crippen molar-refractivity contribution in [3.8, 4) is 5.75 Å². The van der Waals surface area contributed by atoms with Gasteiger partial charge in [-0.2, -0.15) is 0 Å². The summed E-state index contributed by atoms with van der Waals surface area (Å²) in [5, 5.41) is 17.7. The van der Waals surface area contributed by atoms with Crippen LogP contribution in [0.3, 0.4) is 0 Å². The highest BCUT2D eigenvalue weighted by Gasteiger charge is 2.21. The minimum absolute atomic E-state index is 0. The standard InChI is InChI=1S/C24H40N4O7.2ClH/c1-23(2,3)34-21(32)26-16-17(27-22(33)35-24(4,5)6)10-7-8-13-25-19(30)12-15-28-14-9-11-18(29)20(28)31;;/h9,11,14,17,29H,7-8,10,12-13,15-16H2,1-6H3,(H,25,30)(H,26,32)(H,27,33);2*1H. The fourth-order valence-corrected chi connectivity index (χ4v) is 2.97. The van der Waals surface area contributed by atoms with Gasteiger partial charge in [0.1, 0.15) is 11.2 Å². The molecule has 0 aliphatic carbocycles. The van der Waals surface area contributed by atoms with E-state index in [1.54, 1.807) is 41.5 Å². The van der Waals surface area contributed by atoms with Gasteiger partial charge in [-0.15, -0.1) is 24.8 Å². The number of alkyl carbamates (subject to hydrolysis) is 2. The molecular formula is C24H42Cl2N4O7. The van der Waals surface area contributed by atoms with Gasteiger partial charge >= 0.3 is 12.2 Å². The number of rotatable bonds is 11. The summed E-state index contributed by atoms with van der Waals surface area (Å²) in [7, 11) is 0. The van der Waals surface area contributed by atoms with Crippen molar-refractivity contribution in [1.82, 2.24) is 20.5 Å². The molecule has 13 heteroatoms. The van der Waals surface area contributed by atoms with Crippen LogP contribution in [0.15, 0.2) is 23.1 Å². The third kappa shape index (κ3) is 17.4. The molecule has 1 aromatic heterocycles. The summed E-state index contributed by atoms with van der Waals surface area (Å²) in [6.45, 7) is 11.3. The molecule has 1 rings (SSSR count). The van der Waals surface area contributed by atoms with Crippen molar-refractivity contribution in [3.63, 3.8) is 0 Å². The third-order valence-electron chi connectivity index (χ3n) is 4.49. The Morgan fingerprint density at radius 2 is 1.57 bits per heavy atom. The van der Waals surface area contributed by atoms with Gasteiger partial charge in [-0.3, -0.25) is 9.59 Å². The molecule has 3 amide bonds. The first-order valence-electron chi connectivity index (χ1n) is 11.8. The molecule has 0 radical (unpaired) electrons. The maximum Gasteiger partial charge on any atom is 0.407 e. The van der Waals surface area contributed by atoms with Gasteiger partial charge in [0.05, 0.1) is 0 Å². The summed E-state index contributed by atoms with van der Waals surface area (Å²) in [4.78, 5) is 48.0. The first-order valence-corrected chi connectivity index (χ1v) is 11.8. The molecule has 11 nitrogen and oxygen atoms in total. The van der Waals surface area contributed by atoms with Crippen LogP contribution in [0.4, 0.5) is 9.59 Å². The number of carbonyl (C=O) groups is 3. The van der Waals surface area contributed by atoms with Crippen molar-refractivity contribution in [2.24, 2.45) is 0 Å². The highest BCUT2D eigenvalue weighted by molar-refractivity contribution is 5.85. The fraction of sp³-hybridized carbons (Fsp3) is 0.667. The number of aryl methyl sites for hydroxylation is 1. The number of hydrogen-bond donors (Lipinski definition) is 4. The van der Waals surface area contributed by atoms with Gasteiger partial charge in [-0.25, -0.2) is 9.59 Å². The first-order chi connectivity index (χ1) is 16.2. The van der Waals surface area contributed by atoms with Crippen LogP contribution in [-0.4, -0.2) is 58.1 Å². The van der Waals surface area contributed by atoms with E-state index in [-0.39, 0.29) is 62.0 Å². The molecule has 0 aromatic carbocycles. The lowest BCUT2D eigenvalue weighted by Crippen LogP contribution is -2.46. The topological polar surface area (TPSA) is 148 Å². The van der Waals surface area contributed by atoms with Gasteiger partial charge in [0.15, 0.2) is 5.75 Å². The molecule has 0 spiro atoms. The number of hydrogen-bond acceptors (Lipinski definition) is 7. The molecule has 0 aliphatic rings. The number of aromatic hydroxyl groups is 1. The second-order valence-electron chi connectivity index (χ2n) is 10.2. The lowest BCUT2D eigenvalue weighted by molar-refractivity contribution is -0.121. The Morgan fingerprint density at radius 3 is 2.16 bits per heavy atom.